The molecule has 0 N–H and O–H groups in total. The Hall–Kier alpha value is -7.34. The smallest absolute Gasteiger partial charge is 0.135 e. The molecule has 2 saturated carbocycles. The molecule has 0 bridgehead atoms. The van der Waals surface area contributed by atoms with Crippen LogP contribution >= 0.6 is 0 Å². The van der Waals surface area contributed by atoms with Crippen molar-refractivity contribution in [3.05, 3.63) is 222 Å². The van der Waals surface area contributed by atoms with Gasteiger partial charge in [-0.15, -0.1) is 53.6 Å². The van der Waals surface area contributed by atoms with E-state index in [0.717, 1.165) is 84.3 Å². The number of hydrogen-bond acceptors (Lipinski definition) is 4. The average Bonchev–Trinajstić information content (AvgIpc) is 3.47. The number of rotatable bonds is 12. The molecule has 8 heteroatoms. The molecular formula is C80H81F2N4OPt-3. The maximum Gasteiger partial charge on any atom is 0.135 e. The Kier molecular flexibility index (Phi) is 17.0. The normalized spacial score (nSPS) is 15.2. The van der Waals surface area contributed by atoms with E-state index in [0.29, 0.717) is 28.9 Å². The molecule has 13 rings (SSSR count). The number of fused-ring (bicyclic) bond motifs is 4. The van der Waals surface area contributed by atoms with Crippen molar-refractivity contribution in [1.29, 1.82) is 0 Å². The second kappa shape index (κ2) is 24.6. The van der Waals surface area contributed by atoms with Gasteiger partial charge in [-0.2, -0.15) is 6.07 Å². The summed E-state index contributed by atoms with van der Waals surface area (Å²) in [6.45, 7) is 24.5. The van der Waals surface area contributed by atoms with Crippen LogP contribution in [0.5, 0.6) is 11.5 Å². The number of anilines is 4. The molecule has 88 heavy (non-hydrogen) atoms. The Morgan fingerprint density at radius 1 is 0.534 bits per heavy atom. The van der Waals surface area contributed by atoms with Gasteiger partial charge < -0.3 is 19.1 Å². The van der Waals surface area contributed by atoms with Gasteiger partial charge in [-0.1, -0.05) is 180 Å². The number of halogens is 2. The van der Waals surface area contributed by atoms with Gasteiger partial charge in [0.15, 0.2) is 0 Å². The van der Waals surface area contributed by atoms with E-state index < -0.39 is 11.6 Å². The molecule has 5 nitrogen and oxygen atoms in total. The maximum absolute atomic E-state index is 15.8. The molecule has 0 spiro atoms. The van der Waals surface area contributed by atoms with Gasteiger partial charge in [-0.25, -0.2) is 13.8 Å². The average molecular weight is 1350 g/mol. The zero-order chi connectivity index (χ0) is 60.5. The van der Waals surface area contributed by atoms with Crippen molar-refractivity contribution < 1.29 is 34.6 Å². The van der Waals surface area contributed by atoms with Crippen molar-refractivity contribution in [2.45, 2.75) is 168 Å². The van der Waals surface area contributed by atoms with E-state index in [2.05, 4.69) is 230 Å². The summed E-state index contributed by atoms with van der Waals surface area (Å²) < 4.78 is 41.2. The largest absolute Gasteiger partial charge is 0.509 e. The fourth-order valence-corrected chi connectivity index (χ4v) is 14.0. The van der Waals surface area contributed by atoms with Crippen LogP contribution < -0.4 is 14.5 Å². The van der Waals surface area contributed by atoms with Gasteiger partial charge in [0.25, 0.3) is 0 Å². The zero-order valence-corrected chi connectivity index (χ0v) is 55.0. The molecule has 0 unspecified atom stereocenters. The summed E-state index contributed by atoms with van der Waals surface area (Å²) >= 11 is 0. The molecule has 2 aromatic heterocycles. The maximum atomic E-state index is 15.8. The molecule has 0 radical (unpaired) electrons. The first-order chi connectivity index (χ1) is 41.8. The molecule has 2 aliphatic carbocycles. The third kappa shape index (κ3) is 11.9. The molecule has 10 aromatic rings. The van der Waals surface area contributed by atoms with E-state index in [4.69, 9.17) is 9.72 Å². The molecule has 454 valence electrons. The summed E-state index contributed by atoms with van der Waals surface area (Å²) in [5, 5.41) is 2.18. The summed E-state index contributed by atoms with van der Waals surface area (Å²) in [7, 11) is 0. The van der Waals surface area contributed by atoms with Crippen LogP contribution in [0.15, 0.2) is 158 Å². The van der Waals surface area contributed by atoms with Crippen molar-refractivity contribution in [1.82, 2.24) is 9.55 Å². The minimum absolute atomic E-state index is 0. The van der Waals surface area contributed by atoms with Crippen molar-refractivity contribution >= 4 is 44.6 Å². The molecule has 1 aliphatic heterocycles. The van der Waals surface area contributed by atoms with Crippen molar-refractivity contribution in [3.8, 4) is 50.7 Å². The number of ether oxygens (including phenoxy) is 1. The van der Waals surface area contributed by atoms with Gasteiger partial charge in [0.2, 0.25) is 0 Å². The molecule has 3 aliphatic rings. The van der Waals surface area contributed by atoms with Crippen LogP contribution in [-0.2, 0) is 31.9 Å². The number of aromatic nitrogens is 2. The molecule has 8 aromatic carbocycles. The molecular weight excluding hydrogens is 1270 g/mol. The third-order valence-electron chi connectivity index (χ3n) is 18.9. The summed E-state index contributed by atoms with van der Waals surface area (Å²) in [5.41, 5.74) is 18.3. The van der Waals surface area contributed by atoms with E-state index >= 15 is 8.78 Å². The Bertz CT molecular complexity index is 4140. The van der Waals surface area contributed by atoms with Crippen molar-refractivity contribution in [2.75, 3.05) is 9.80 Å². The molecule has 0 amide bonds. The summed E-state index contributed by atoms with van der Waals surface area (Å²) in [5.74, 6) is 2.12. The predicted octanol–water partition coefficient (Wildman–Crippen LogP) is 23.2. The van der Waals surface area contributed by atoms with E-state index in [1.165, 1.54) is 110 Å². The SMILES string of the molecule is CC(C)c1cc(-c2cc(C(C)(C)C)cc(-c3cc(F)cc(F)c3)c2N2[CH-]N(c3[c-]c(Oc4[c-]c5c(cc4)c4ccccc4n5-c4cc(C(C)(C)C)ccn4)cc(-c4c(C5CCCCC5)cccc4C4CCCCC4)c3)c3ccccc32)cc(C(C)C)c1.[Pt]. The van der Waals surface area contributed by atoms with E-state index in [-0.39, 0.29) is 43.7 Å². The van der Waals surface area contributed by atoms with Gasteiger partial charge in [-0.05, 0) is 170 Å². The predicted molar refractivity (Wildman–Crippen MR) is 358 cm³/mol. The topological polar surface area (TPSA) is 33.5 Å². The first-order valence-corrected chi connectivity index (χ1v) is 32.0. The fourth-order valence-electron chi connectivity index (χ4n) is 14.0. The summed E-state index contributed by atoms with van der Waals surface area (Å²) in [6, 6.07) is 60.3. The zero-order valence-electron chi connectivity index (χ0n) is 52.7. The second-order valence-corrected chi connectivity index (χ2v) is 27.7. The van der Waals surface area contributed by atoms with Crippen LogP contribution in [0.2, 0.25) is 0 Å². The second-order valence-electron chi connectivity index (χ2n) is 27.7. The molecule has 0 saturated heterocycles. The van der Waals surface area contributed by atoms with Gasteiger partial charge in [-0.3, -0.25) is 0 Å². The molecule has 0 atom stereocenters. The Labute approximate surface area is 535 Å². The monoisotopic (exact) mass is 1350 g/mol. The quantitative estimate of drug-likeness (QED) is 0.114. The number of pyridine rings is 1. The van der Waals surface area contributed by atoms with Crippen LogP contribution in [-0.4, -0.2) is 9.55 Å². The van der Waals surface area contributed by atoms with Gasteiger partial charge >= 0.3 is 0 Å². The third-order valence-corrected chi connectivity index (χ3v) is 18.9. The summed E-state index contributed by atoms with van der Waals surface area (Å²) in [4.78, 5) is 9.48. The van der Waals surface area contributed by atoms with Crippen molar-refractivity contribution in [2.24, 2.45) is 0 Å². The number of hydrogen-bond donors (Lipinski definition) is 0. The van der Waals surface area contributed by atoms with Crippen LogP contribution in [0.25, 0.3) is 61.0 Å². The van der Waals surface area contributed by atoms with Crippen LogP contribution in [0.4, 0.5) is 31.5 Å². The van der Waals surface area contributed by atoms with E-state index in [1.54, 1.807) is 0 Å². The van der Waals surface area contributed by atoms with E-state index in [1.807, 2.05) is 12.3 Å². The standard InChI is InChI=1S/C80H81F2N4O.Pt/c1-50(2)54-36-55(51(3)4)38-56(37-54)70-43-60(80(8,9)10)44-71(57-39-61(81)46-62(82)40-57)78(70)85-49-84(73-30-19-20-31-74(73)85)63-41-58(77-66(52-22-13-11-14-23-52)27-21-28-67(77)53-24-15-12-16-25-53)42-65(47-63)87-64-32-33-69-68-26-17-18-29-72(68)86(75(69)48-64)76-45-59(34-35-83-76)79(5,6)7;/h17-21,26-46,49-53H,11-16,22-25H2,1-10H3;/q-3;. The number of para-hydroxylation sites is 3. The molecule has 3 heterocycles. The number of nitrogens with zero attached hydrogens (tertiary/aromatic N) is 4. The summed E-state index contributed by atoms with van der Waals surface area (Å²) in [6.07, 6.45) is 14.0. The van der Waals surface area contributed by atoms with Crippen LogP contribution in [0.3, 0.4) is 0 Å². The fraction of sp³-hybridized carbons (Fsp3) is 0.325. The number of benzene rings is 8. The van der Waals surface area contributed by atoms with E-state index in [9.17, 15) is 0 Å². The molecule has 2 fully saturated rings. The minimum Gasteiger partial charge on any atom is -0.509 e. The Morgan fingerprint density at radius 3 is 1.72 bits per heavy atom. The Morgan fingerprint density at radius 2 is 1.11 bits per heavy atom. The van der Waals surface area contributed by atoms with Crippen LogP contribution in [0, 0.1) is 30.4 Å². The van der Waals surface area contributed by atoms with Crippen molar-refractivity contribution in [3.63, 3.8) is 0 Å². The van der Waals surface area contributed by atoms with Gasteiger partial charge in [0.1, 0.15) is 17.5 Å². The van der Waals surface area contributed by atoms with Gasteiger partial charge in [0.05, 0.1) is 0 Å². The van der Waals surface area contributed by atoms with Crippen LogP contribution in [0.1, 0.15) is 190 Å². The minimum atomic E-state index is -0.626. The van der Waals surface area contributed by atoms with Gasteiger partial charge in [0, 0.05) is 78.5 Å². The first-order valence-electron chi connectivity index (χ1n) is 32.0. The Balaban J connectivity index is 0.00000754. The first kappa shape index (κ1) is 60.9.